The van der Waals surface area contributed by atoms with Gasteiger partial charge in [-0.05, 0) is 59.9 Å². The lowest BCUT2D eigenvalue weighted by Gasteiger charge is -2.43. The monoisotopic (exact) mass is 476 g/mol. The molecule has 32 heavy (non-hydrogen) atoms. The summed E-state index contributed by atoms with van der Waals surface area (Å²) < 4.78 is 20.0. The van der Waals surface area contributed by atoms with Crippen molar-refractivity contribution in [3.05, 3.63) is 41.5 Å². The number of hydrogen-bond donors (Lipinski definition) is 0. The van der Waals surface area contributed by atoms with Gasteiger partial charge in [-0.1, -0.05) is 78.8 Å². The Kier molecular flexibility index (Phi) is 8.49. The molecule has 0 unspecified atom stereocenters. The molecule has 0 saturated heterocycles. The van der Waals surface area contributed by atoms with Gasteiger partial charge in [0.2, 0.25) is 0 Å². The molecule has 5 heteroatoms. The Morgan fingerprint density at radius 3 is 1.75 bits per heavy atom. The molecule has 1 aliphatic heterocycles. The summed E-state index contributed by atoms with van der Waals surface area (Å²) in [6.45, 7) is 28.8. The van der Waals surface area contributed by atoms with Crippen LogP contribution in [-0.4, -0.2) is 42.1 Å². The van der Waals surface area contributed by atoms with E-state index >= 15 is 0 Å². The molecule has 1 aliphatic rings. The summed E-state index contributed by atoms with van der Waals surface area (Å²) in [5, 5.41) is 0.365. The van der Waals surface area contributed by atoms with Gasteiger partial charge < -0.3 is 13.6 Å². The Labute approximate surface area is 200 Å². The predicted molar refractivity (Wildman–Crippen MR) is 143 cm³/mol. The molecule has 3 nitrogen and oxygen atoms in total. The van der Waals surface area contributed by atoms with Crippen molar-refractivity contribution in [3.63, 3.8) is 0 Å². The smallest absolute Gasteiger partial charge is 0.192 e. The largest absolute Gasteiger partial charge is 0.414 e. The molecular weight excluding hydrogens is 428 g/mol. The molecule has 0 fully saturated rings. The van der Waals surface area contributed by atoms with Crippen molar-refractivity contribution in [3.8, 4) is 0 Å². The van der Waals surface area contributed by atoms with E-state index in [0.717, 1.165) is 0 Å². The van der Waals surface area contributed by atoms with Crippen LogP contribution in [-0.2, 0) is 13.6 Å². The minimum Gasteiger partial charge on any atom is -0.414 e. The zero-order valence-corrected chi connectivity index (χ0v) is 24.8. The Morgan fingerprint density at radius 1 is 0.812 bits per heavy atom. The van der Waals surface area contributed by atoms with E-state index in [9.17, 15) is 0 Å². The van der Waals surface area contributed by atoms with Gasteiger partial charge >= 0.3 is 0 Å². The van der Waals surface area contributed by atoms with Crippen molar-refractivity contribution in [2.24, 2.45) is 5.92 Å². The van der Waals surface area contributed by atoms with Crippen LogP contribution in [0.25, 0.3) is 5.57 Å². The van der Waals surface area contributed by atoms with Crippen molar-refractivity contribution < 1.29 is 13.6 Å². The van der Waals surface area contributed by atoms with Crippen LogP contribution in [0.1, 0.15) is 61.0 Å². The van der Waals surface area contributed by atoms with Crippen molar-refractivity contribution in [2.75, 3.05) is 13.2 Å². The van der Waals surface area contributed by atoms with Crippen molar-refractivity contribution in [1.29, 1.82) is 0 Å². The summed E-state index contributed by atoms with van der Waals surface area (Å²) in [5.74, 6) is 0.270. The minimum absolute atomic E-state index is 0.0241. The van der Waals surface area contributed by atoms with Gasteiger partial charge in [-0.15, -0.1) is 0 Å². The standard InChI is InChI=1S/C27H48O3Si2/c1-20-23(18-28-31(9,10)26(3,4)5)30-24(19-29-32(11,12)27(6,7)8)21(2)25(20)22-16-14-13-15-17-22/h13-17,20,23-24H,18-19H2,1-12H3/t20-,23+,24-/m0/s1. The second-order valence-electron chi connectivity index (χ2n) is 12.6. The fourth-order valence-corrected chi connectivity index (χ4v) is 5.63. The third kappa shape index (κ3) is 6.23. The number of benzene rings is 1. The summed E-state index contributed by atoms with van der Waals surface area (Å²) >= 11 is 0. The zero-order chi connectivity index (χ0) is 24.5. The summed E-state index contributed by atoms with van der Waals surface area (Å²) in [6.07, 6.45) is -0.0143. The van der Waals surface area contributed by atoms with Gasteiger partial charge in [-0.25, -0.2) is 0 Å². The summed E-state index contributed by atoms with van der Waals surface area (Å²) in [6, 6.07) is 10.8. The average molecular weight is 477 g/mol. The van der Waals surface area contributed by atoms with E-state index < -0.39 is 16.6 Å². The topological polar surface area (TPSA) is 27.7 Å². The zero-order valence-electron chi connectivity index (χ0n) is 22.8. The van der Waals surface area contributed by atoms with Crippen molar-refractivity contribution in [1.82, 2.24) is 0 Å². The maximum absolute atomic E-state index is 6.72. The highest BCUT2D eigenvalue weighted by molar-refractivity contribution is 6.74. The van der Waals surface area contributed by atoms with Gasteiger partial charge in [0, 0.05) is 5.92 Å². The molecule has 0 bridgehead atoms. The summed E-state index contributed by atoms with van der Waals surface area (Å²) in [7, 11) is -3.71. The van der Waals surface area contributed by atoms with Gasteiger partial charge in [-0.3, -0.25) is 0 Å². The molecule has 0 aliphatic carbocycles. The predicted octanol–water partition coefficient (Wildman–Crippen LogP) is 7.91. The Balaban J connectivity index is 2.33. The van der Waals surface area contributed by atoms with E-state index in [0.29, 0.717) is 13.2 Å². The molecule has 0 N–H and O–H groups in total. The highest BCUT2D eigenvalue weighted by Gasteiger charge is 2.42. The van der Waals surface area contributed by atoms with Gasteiger partial charge in [0.25, 0.3) is 0 Å². The molecular formula is C27H48O3Si2. The normalized spacial score (nSPS) is 23.6. The number of ether oxygens (including phenoxy) is 1. The van der Waals surface area contributed by atoms with E-state index in [1.165, 1.54) is 16.7 Å². The molecule has 3 atom stereocenters. The van der Waals surface area contributed by atoms with Crippen molar-refractivity contribution >= 4 is 22.2 Å². The lowest BCUT2D eigenvalue weighted by molar-refractivity contribution is -0.0611. The highest BCUT2D eigenvalue weighted by atomic mass is 28.4. The molecule has 182 valence electrons. The highest BCUT2D eigenvalue weighted by Crippen LogP contribution is 2.42. The van der Waals surface area contributed by atoms with E-state index in [2.05, 4.69) is 112 Å². The van der Waals surface area contributed by atoms with Crippen LogP contribution >= 0.6 is 0 Å². The van der Waals surface area contributed by atoms with Crippen molar-refractivity contribution in [2.45, 2.75) is 104 Å². The second kappa shape index (κ2) is 9.87. The maximum atomic E-state index is 6.72. The molecule has 2 rings (SSSR count). The van der Waals surface area contributed by atoms with Gasteiger partial charge in [0.15, 0.2) is 16.6 Å². The van der Waals surface area contributed by atoms with Crippen LogP contribution in [0.4, 0.5) is 0 Å². The lowest BCUT2D eigenvalue weighted by atomic mass is 9.82. The van der Waals surface area contributed by atoms with Crippen LogP contribution in [0.3, 0.4) is 0 Å². The molecule has 1 aromatic rings. The Bertz CT molecular complexity index is 785. The molecule has 1 heterocycles. The molecule has 0 radical (unpaired) electrons. The molecule has 0 amide bonds. The number of hydrogen-bond acceptors (Lipinski definition) is 3. The van der Waals surface area contributed by atoms with Crippen LogP contribution < -0.4 is 0 Å². The first-order valence-corrected chi connectivity index (χ1v) is 18.0. The average Bonchev–Trinajstić information content (AvgIpc) is 2.65. The number of rotatable bonds is 7. The van der Waals surface area contributed by atoms with Gasteiger partial charge in [-0.2, -0.15) is 0 Å². The van der Waals surface area contributed by atoms with Gasteiger partial charge in [0.1, 0.15) is 6.10 Å². The summed E-state index contributed by atoms with van der Waals surface area (Å²) in [4.78, 5) is 0. The first kappa shape index (κ1) is 27.5. The molecule has 0 saturated carbocycles. The van der Waals surface area contributed by atoms with E-state index in [-0.39, 0.29) is 28.2 Å². The van der Waals surface area contributed by atoms with Crippen LogP contribution in [0.15, 0.2) is 35.9 Å². The quantitative estimate of drug-likeness (QED) is 0.374. The van der Waals surface area contributed by atoms with Crippen LogP contribution in [0, 0.1) is 5.92 Å². The maximum Gasteiger partial charge on any atom is 0.192 e. The third-order valence-corrected chi connectivity index (χ3v) is 17.2. The Hall–Kier alpha value is -0.726. The minimum atomic E-state index is -1.86. The second-order valence-corrected chi connectivity index (χ2v) is 22.2. The van der Waals surface area contributed by atoms with E-state index in [1.54, 1.807) is 0 Å². The lowest BCUT2D eigenvalue weighted by Crippen LogP contribution is -2.48. The van der Waals surface area contributed by atoms with E-state index in [4.69, 9.17) is 13.6 Å². The van der Waals surface area contributed by atoms with E-state index in [1.807, 2.05) is 0 Å². The van der Waals surface area contributed by atoms with Crippen LogP contribution in [0.5, 0.6) is 0 Å². The fourth-order valence-electron chi connectivity index (χ4n) is 3.61. The molecule has 0 spiro atoms. The SMILES string of the molecule is CC1=C(c2ccccc2)[C@@H](C)[C@@H](CO[Si](C)(C)C(C)(C)C)O[C@H]1CO[Si](C)(C)C(C)(C)C. The molecule has 0 aromatic heterocycles. The Morgan fingerprint density at radius 2 is 1.28 bits per heavy atom. The van der Waals surface area contributed by atoms with Crippen LogP contribution in [0.2, 0.25) is 36.3 Å². The fraction of sp³-hybridized carbons (Fsp3) is 0.704. The van der Waals surface area contributed by atoms with Gasteiger partial charge in [0.05, 0.1) is 19.3 Å². The molecule has 1 aromatic carbocycles. The third-order valence-electron chi connectivity index (χ3n) is 8.16. The first-order valence-electron chi connectivity index (χ1n) is 12.2. The first-order chi connectivity index (χ1) is 14.5. The summed E-state index contributed by atoms with van der Waals surface area (Å²) in [5.41, 5.74) is 3.98.